The molecule has 1 aromatic carbocycles. The molecule has 1 heterocycles. The Hall–Kier alpha value is -2.87. The molecule has 1 aromatic heterocycles. The summed E-state index contributed by atoms with van der Waals surface area (Å²) in [5.74, 6) is -2.83. The number of hydrogen-bond donors (Lipinski definition) is 3. The Morgan fingerprint density at radius 3 is 2.39 bits per heavy atom. The Balaban J connectivity index is 0.000000379. The van der Waals surface area contributed by atoms with Gasteiger partial charge in [0.1, 0.15) is 12.4 Å². The van der Waals surface area contributed by atoms with E-state index in [1.807, 2.05) is 12.1 Å². The van der Waals surface area contributed by atoms with E-state index in [9.17, 15) is 4.39 Å². The fraction of sp³-hybridized carbons (Fsp3) is 0.200. The number of para-hydroxylation sites is 1. The fourth-order valence-electron chi connectivity index (χ4n) is 1.42. The zero-order valence-corrected chi connectivity index (χ0v) is 12.1. The molecule has 0 fully saturated rings. The van der Waals surface area contributed by atoms with Gasteiger partial charge >= 0.3 is 11.9 Å². The monoisotopic (exact) mass is 325 g/mol. The van der Waals surface area contributed by atoms with E-state index in [0.29, 0.717) is 19.7 Å². The molecule has 0 aliphatic heterocycles. The number of benzene rings is 1. The number of nitrogens with one attached hydrogen (secondary N) is 1. The first-order valence-corrected chi connectivity index (χ1v) is 6.57. The Labute approximate surface area is 131 Å². The van der Waals surface area contributed by atoms with Crippen LogP contribution < -0.4 is 10.1 Å². The fourth-order valence-corrected chi connectivity index (χ4v) is 1.42. The van der Waals surface area contributed by atoms with Gasteiger partial charge in [0.25, 0.3) is 0 Å². The number of aliphatic carboxylic acids is 2. The minimum absolute atomic E-state index is 0.285. The zero-order chi connectivity index (χ0) is 17.1. The van der Waals surface area contributed by atoms with E-state index in [4.69, 9.17) is 29.0 Å². The van der Waals surface area contributed by atoms with E-state index >= 15 is 0 Å². The van der Waals surface area contributed by atoms with E-state index in [2.05, 4.69) is 5.32 Å². The summed E-state index contributed by atoms with van der Waals surface area (Å²) in [6.45, 7) is 1.70. The number of halogens is 1. The number of hydrogen-bond acceptors (Lipinski definition) is 5. The second kappa shape index (κ2) is 9.96. The lowest BCUT2D eigenvalue weighted by molar-refractivity contribution is -0.159. The van der Waals surface area contributed by atoms with E-state index in [1.54, 1.807) is 24.5 Å². The number of carbonyl (C=O) groups is 2. The van der Waals surface area contributed by atoms with Crippen LogP contribution in [0.25, 0.3) is 0 Å². The summed E-state index contributed by atoms with van der Waals surface area (Å²) in [4.78, 5) is 18.2. The smallest absolute Gasteiger partial charge is 0.414 e. The molecule has 0 saturated heterocycles. The van der Waals surface area contributed by atoms with Gasteiger partial charge in [-0.2, -0.15) is 0 Å². The minimum atomic E-state index is -1.82. The molecular weight excluding hydrogens is 309 g/mol. The molecule has 124 valence electrons. The second-order valence-corrected chi connectivity index (χ2v) is 4.15. The molecule has 8 heteroatoms. The van der Waals surface area contributed by atoms with Gasteiger partial charge in [-0.1, -0.05) is 12.1 Å². The highest BCUT2D eigenvalue weighted by Crippen LogP contribution is 2.14. The maximum Gasteiger partial charge on any atom is 0.414 e. The molecule has 0 aliphatic rings. The summed E-state index contributed by atoms with van der Waals surface area (Å²) in [7, 11) is 0. The van der Waals surface area contributed by atoms with Crippen molar-refractivity contribution in [1.29, 1.82) is 0 Å². The van der Waals surface area contributed by atoms with Gasteiger partial charge in [0, 0.05) is 6.54 Å². The van der Waals surface area contributed by atoms with Crippen LogP contribution in [-0.4, -0.2) is 35.3 Å². The predicted octanol–water partition coefficient (Wildman–Crippen LogP) is 1.74. The van der Waals surface area contributed by atoms with Crippen molar-refractivity contribution in [3.63, 3.8) is 0 Å². The first kappa shape index (κ1) is 18.2. The highest BCUT2D eigenvalue weighted by atomic mass is 19.1. The lowest BCUT2D eigenvalue weighted by atomic mass is 10.3. The van der Waals surface area contributed by atoms with Gasteiger partial charge in [-0.05, 0) is 24.3 Å². The van der Waals surface area contributed by atoms with E-state index in [-0.39, 0.29) is 11.6 Å². The molecule has 0 saturated carbocycles. The number of furan rings is 1. The normalized spacial score (nSPS) is 9.61. The quantitative estimate of drug-likeness (QED) is 0.548. The molecule has 2 aromatic rings. The average molecular weight is 325 g/mol. The molecule has 0 amide bonds. The molecule has 0 radical (unpaired) electrons. The van der Waals surface area contributed by atoms with Crippen LogP contribution in [0.4, 0.5) is 4.39 Å². The highest BCUT2D eigenvalue weighted by molar-refractivity contribution is 6.27. The van der Waals surface area contributed by atoms with Crippen LogP contribution >= 0.6 is 0 Å². The molecular formula is C15H16FNO6. The number of carboxylic acid groups (broad SMARTS) is 2. The maximum absolute atomic E-state index is 13.2. The van der Waals surface area contributed by atoms with Crippen molar-refractivity contribution in [2.24, 2.45) is 0 Å². The van der Waals surface area contributed by atoms with Gasteiger partial charge < -0.3 is 24.7 Å². The number of rotatable bonds is 6. The van der Waals surface area contributed by atoms with Gasteiger partial charge in [0.15, 0.2) is 11.6 Å². The third kappa shape index (κ3) is 7.63. The highest BCUT2D eigenvalue weighted by Gasteiger charge is 2.04. The molecule has 2 rings (SSSR count). The van der Waals surface area contributed by atoms with Crippen molar-refractivity contribution >= 4 is 11.9 Å². The van der Waals surface area contributed by atoms with Crippen molar-refractivity contribution in [1.82, 2.24) is 5.32 Å². The lowest BCUT2D eigenvalue weighted by Gasteiger charge is -2.07. The van der Waals surface area contributed by atoms with Crippen LogP contribution in [0.3, 0.4) is 0 Å². The summed E-state index contributed by atoms with van der Waals surface area (Å²) < 4.78 is 23.6. The summed E-state index contributed by atoms with van der Waals surface area (Å²) in [5, 5.41) is 17.9. The first-order valence-electron chi connectivity index (χ1n) is 6.57. The van der Waals surface area contributed by atoms with Crippen molar-refractivity contribution < 1.29 is 33.3 Å². The van der Waals surface area contributed by atoms with Crippen LogP contribution in [-0.2, 0) is 16.1 Å². The Morgan fingerprint density at radius 1 is 1.13 bits per heavy atom. The molecule has 3 N–H and O–H groups in total. The van der Waals surface area contributed by atoms with Crippen molar-refractivity contribution in [2.75, 3.05) is 13.2 Å². The molecule has 0 spiro atoms. The van der Waals surface area contributed by atoms with Crippen molar-refractivity contribution in [3.8, 4) is 5.75 Å². The Bertz CT molecular complexity index is 602. The number of ether oxygens (including phenoxy) is 1. The molecule has 23 heavy (non-hydrogen) atoms. The van der Waals surface area contributed by atoms with Crippen LogP contribution in [0.1, 0.15) is 5.76 Å². The number of carboxylic acids is 2. The minimum Gasteiger partial charge on any atom is -0.489 e. The van der Waals surface area contributed by atoms with Gasteiger partial charge in [-0.25, -0.2) is 14.0 Å². The van der Waals surface area contributed by atoms with Crippen LogP contribution in [0.2, 0.25) is 0 Å². The van der Waals surface area contributed by atoms with Crippen molar-refractivity contribution in [2.45, 2.75) is 6.54 Å². The Morgan fingerprint density at radius 2 is 1.83 bits per heavy atom. The van der Waals surface area contributed by atoms with Gasteiger partial charge in [-0.3, -0.25) is 0 Å². The van der Waals surface area contributed by atoms with Gasteiger partial charge in [0.2, 0.25) is 0 Å². The molecule has 7 nitrogen and oxygen atoms in total. The standard InChI is InChI=1S/C13H14FNO2.C2H2O4/c14-12-5-1-2-6-13(12)17-9-7-15-10-11-4-3-8-16-11;3-1(4)2(5)6/h1-6,8,15H,7,9-10H2;(H,3,4)(H,5,6). The van der Waals surface area contributed by atoms with Gasteiger partial charge in [0.05, 0.1) is 12.8 Å². The third-order valence-corrected chi connectivity index (χ3v) is 2.44. The topological polar surface area (TPSA) is 109 Å². The summed E-state index contributed by atoms with van der Waals surface area (Å²) in [6.07, 6.45) is 1.63. The summed E-state index contributed by atoms with van der Waals surface area (Å²) >= 11 is 0. The third-order valence-electron chi connectivity index (χ3n) is 2.44. The largest absolute Gasteiger partial charge is 0.489 e. The molecule has 0 bridgehead atoms. The summed E-state index contributed by atoms with van der Waals surface area (Å²) in [6, 6.07) is 10.1. The first-order chi connectivity index (χ1) is 11.0. The lowest BCUT2D eigenvalue weighted by Crippen LogP contribution is -2.20. The van der Waals surface area contributed by atoms with Crippen LogP contribution in [0.5, 0.6) is 5.75 Å². The Kier molecular flexibility index (Phi) is 7.87. The van der Waals surface area contributed by atoms with Crippen molar-refractivity contribution in [3.05, 3.63) is 54.2 Å². The maximum atomic E-state index is 13.2. The van der Waals surface area contributed by atoms with Crippen LogP contribution in [0, 0.1) is 5.82 Å². The predicted molar refractivity (Wildman–Crippen MR) is 77.6 cm³/mol. The zero-order valence-electron chi connectivity index (χ0n) is 12.1. The average Bonchev–Trinajstić information content (AvgIpc) is 3.02. The van der Waals surface area contributed by atoms with Gasteiger partial charge in [-0.15, -0.1) is 0 Å². The molecule has 0 unspecified atom stereocenters. The van der Waals surface area contributed by atoms with E-state index in [0.717, 1.165) is 5.76 Å². The SMILES string of the molecule is Fc1ccccc1OCCNCc1ccco1.O=C(O)C(=O)O. The van der Waals surface area contributed by atoms with Crippen LogP contribution in [0.15, 0.2) is 47.1 Å². The second-order valence-electron chi connectivity index (χ2n) is 4.15. The molecule has 0 atom stereocenters. The molecule has 0 aliphatic carbocycles. The van der Waals surface area contributed by atoms with E-state index < -0.39 is 11.9 Å². The van der Waals surface area contributed by atoms with E-state index in [1.165, 1.54) is 6.07 Å². The summed E-state index contributed by atoms with van der Waals surface area (Å²) in [5.41, 5.74) is 0.